The first-order valence-electron chi connectivity index (χ1n) is 8.24. The lowest BCUT2D eigenvalue weighted by Gasteiger charge is -2.31. The molecule has 3 atom stereocenters. The van der Waals surface area contributed by atoms with Crippen LogP contribution in [0.15, 0.2) is 42.5 Å². The topological polar surface area (TPSA) is 56.8 Å². The molecule has 1 N–H and O–H groups in total. The Hall–Kier alpha value is -2.83. The highest BCUT2D eigenvalue weighted by molar-refractivity contribution is 5.82. The molecule has 1 aliphatic rings. The van der Waals surface area contributed by atoms with Crippen molar-refractivity contribution in [3.8, 4) is 17.2 Å². The van der Waals surface area contributed by atoms with E-state index >= 15 is 0 Å². The number of para-hydroxylation sites is 2. The molecule has 0 bridgehead atoms. The zero-order valence-electron chi connectivity index (χ0n) is 14.4. The lowest BCUT2D eigenvalue weighted by molar-refractivity contribution is -0.134. The summed E-state index contributed by atoms with van der Waals surface area (Å²) in [7, 11) is 0. The second kappa shape index (κ2) is 7.59. The van der Waals surface area contributed by atoms with Crippen molar-refractivity contribution in [3.05, 3.63) is 54.1 Å². The Bertz CT molecular complexity index is 799. The fraction of sp³-hybridized carbons (Fsp3) is 0.316. The van der Waals surface area contributed by atoms with Gasteiger partial charge in [-0.1, -0.05) is 12.1 Å². The fourth-order valence-electron chi connectivity index (χ4n) is 2.58. The predicted octanol–water partition coefficient (Wildman–Crippen LogP) is 3.08. The van der Waals surface area contributed by atoms with Crippen molar-refractivity contribution >= 4 is 5.91 Å². The van der Waals surface area contributed by atoms with Crippen molar-refractivity contribution in [3.63, 3.8) is 0 Å². The van der Waals surface area contributed by atoms with E-state index in [0.717, 1.165) is 12.1 Å². The van der Waals surface area contributed by atoms with Gasteiger partial charge in [-0.2, -0.15) is 0 Å². The molecule has 0 spiro atoms. The van der Waals surface area contributed by atoms with Crippen LogP contribution in [-0.4, -0.2) is 30.8 Å². The van der Waals surface area contributed by atoms with Gasteiger partial charge in [-0.25, -0.2) is 8.78 Å². The van der Waals surface area contributed by atoms with E-state index < -0.39 is 29.9 Å². The highest BCUT2D eigenvalue weighted by Gasteiger charge is 2.34. The van der Waals surface area contributed by atoms with Crippen LogP contribution in [-0.2, 0) is 4.79 Å². The first-order valence-corrected chi connectivity index (χ1v) is 8.24. The summed E-state index contributed by atoms with van der Waals surface area (Å²) in [5.41, 5.74) is 0. The zero-order chi connectivity index (χ0) is 18.7. The number of fused-ring (bicyclic) bond motifs is 1. The molecule has 5 nitrogen and oxygen atoms in total. The maximum absolute atomic E-state index is 13.6. The molecule has 1 heterocycles. The molecule has 0 saturated heterocycles. The van der Waals surface area contributed by atoms with Crippen LogP contribution in [0.3, 0.4) is 0 Å². The molecule has 138 valence electrons. The van der Waals surface area contributed by atoms with E-state index in [-0.39, 0.29) is 18.3 Å². The van der Waals surface area contributed by atoms with Gasteiger partial charge in [0, 0.05) is 6.07 Å². The van der Waals surface area contributed by atoms with Crippen molar-refractivity contribution in [1.82, 2.24) is 5.32 Å². The number of hydrogen-bond donors (Lipinski definition) is 1. The van der Waals surface area contributed by atoms with E-state index in [1.807, 2.05) is 6.07 Å². The van der Waals surface area contributed by atoms with Crippen molar-refractivity contribution < 1.29 is 27.8 Å². The van der Waals surface area contributed by atoms with Gasteiger partial charge < -0.3 is 19.5 Å². The van der Waals surface area contributed by atoms with Crippen molar-refractivity contribution in [2.24, 2.45) is 0 Å². The Balaban J connectivity index is 1.56. The highest BCUT2D eigenvalue weighted by atomic mass is 19.1. The normalized spacial score (nSPS) is 19.5. The van der Waals surface area contributed by atoms with Crippen LogP contribution < -0.4 is 19.5 Å². The second-order valence-electron chi connectivity index (χ2n) is 6.10. The SMILES string of the molecule is C[C@H](COc1ccc(F)cc1F)NC(=O)[C@@H]1Oc2ccccc2O[C@@H]1C. The Morgan fingerprint density at radius 3 is 2.58 bits per heavy atom. The second-order valence-corrected chi connectivity index (χ2v) is 6.10. The molecule has 0 unspecified atom stereocenters. The molecule has 3 rings (SSSR count). The first-order chi connectivity index (χ1) is 12.4. The number of hydrogen-bond acceptors (Lipinski definition) is 4. The van der Waals surface area contributed by atoms with Gasteiger partial charge in [0.15, 0.2) is 23.1 Å². The van der Waals surface area contributed by atoms with Crippen LogP contribution in [0, 0.1) is 11.6 Å². The summed E-state index contributed by atoms with van der Waals surface area (Å²) in [4.78, 5) is 12.5. The fourth-order valence-corrected chi connectivity index (χ4v) is 2.58. The monoisotopic (exact) mass is 363 g/mol. The minimum atomic E-state index is -0.810. The number of carbonyl (C=O) groups excluding carboxylic acids is 1. The molecule has 1 aliphatic heterocycles. The van der Waals surface area contributed by atoms with Crippen LogP contribution in [0.5, 0.6) is 17.2 Å². The Kier molecular flexibility index (Phi) is 5.25. The van der Waals surface area contributed by atoms with Gasteiger partial charge in [0.05, 0.1) is 6.04 Å². The number of nitrogens with one attached hydrogen (secondary N) is 1. The Labute approximate surface area is 149 Å². The summed E-state index contributed by atoms with van der Waals surface area (Å²) in [6.45, 7) is 3.48. The van der Waals surface area contributed by atoms with E-state index in [2.05, 4.69) is 5.32 Å². The lowest BCUT2D eigenvalue weighted by Crippen LogP contribution is -2.52. The molecule has 0 radical (unpaired) electrons. The van der Waals surface area contributed by atoms with Crippen LogP contribution in [0.1, 0.15) is 13.8 Å². The number of amides is 1. The van der Waals surface area contributed by atoms with Gasteiger partial charge >= 0.3 is 0 Å². The van der Waals surface area contributed by atoms with E-state index in [4.69, 9.17) is 14.2 Å². The molecule has 0 fully saturated rings. The lowest BCUT2D eigenvalue weighted by atomic mass is 10.1. The molecule has 1 amide bonds. The summed E-state index contributed by atoms with van der Waals surface area (Å²) in [6, 6.07) is 9.75. The molecular weight excluding hydrogens is 344 g/mol. The molecule has 0 aromatic heterocycles. The first kappa shape index (κ1) is 18.0. The van der Waals surface area contributed by atoms with E-state index in [1.165, 1.54) is 6.07 Å². The summed E-state index contributed by atoms with van der Waals surface area (Å²) in [6.07, 6.45) is -1.28. The average Bonchev–Trinajstić information content (AvgIpc) is 2.60. The van der Waals surface area contributed by atoms with Crippen LogP contribution in [0.25, 0.3) is 0 Å². The number of halogens is 2. The number of carbonyl (C=O) groups is 1. The molecule has 0 saturated carbocycles. The average molecular weight is 363 g/mol. The standard InChI is InChI=1S/C19H19F2NO4/c1-11(10-24-15-8-7-13(20)9-14(15)21)22-19(23)18-12(2)25-16-5-3-4-6-17(16)26-18/h3-9,11-12,18H,10H2,1-2H3,(H,22,23)/t11-,12-,18-/m1/s1. The van der Waals surface area contributed by atoms with E-state index in [1.54, 1.807) is 32.0 Å². The quantitative estimate of drug-likeness (QED) is 0.887. The van der Waals surface area contributed by atoms with Gasteiger partial charge in [0.25, 0.3) is 5.91 Å². The molecule has 26 heavy (non-hydrogen) atoms. The van der Waals surface area contributed by atoms with Gasteiger partial charge in [-0.3, -0.25) is 4.79 Å². The predicted molar refractivity (Wildman–Crippen MR) is 90.4 cm³/mol. The number of rotatable bonds is 5. The van der Waals surface area contributed by atoms with Crippen LogP contribution >= 0.6 is 0 Å². The molecule has 2 aromatic rings. The van der Waals surface area contributed by atoms with E-state index in [9.17, 15) is 13.6 Å². The molecule has 2 aromatic carbocycles. The number of benzene rings is 2. The maximum atomic E-state index is 13.6. The van der Waals surface area contributed by atoms with Gasteiger partial charge in [0.1, 0.15) is 18.5 Å². The van der Waals surface area contributed by atoms with Gasteiger partial charge in [-0.15, -0.1) is 0 Å². The highest BCUT2D eigenvalue weighted by Crippen LogP contribution is 2.33. The summed E-state index contributed by atoms with van der Waals surface area (Å²) >= 11 is 0. The summed E-state index contributed by atoms with van der Waals surface area (Å²) in [5.74, 6) is -0.817. The maximum Gasteiger partial charge on any atom is 0.265 e. The van der Waals surface area contributed by atoms with Crippen molar-refractivity contribution in [2.75, 3.05) is 6.61 Å². The summed E-state index contributed by atoms with van der Waals surface area (Å²) < 4.78 is 43.2. The molecular formula is C19H19F2NO4. The summed E-state index contributed by atoms with van der Waals surface area (Å²) in [5, 5.41) is 2.75. The third kappa shape index (κ3) is 4.04. The van der Waals surface area contributed by atoms with Crippen LogP contribution in [0.2, 0.25) is 0 Å². The van der Waals surface area contributed by atoms with Crippen molar-refractivity contribution in [2.45, 2.75) is 32.1 Å². The largest absolute Gasteiger partial charge is 0.488 e. The Morgan fingerprint density at radius 2 is 1.88 bits per heavy atom. The van der Waals surface area contributed by atoms with Gasteiger partial charge in [0.2, 0.25) is 6.10 Å². The Morgan fingerprint density at radius 1 is 1.19 bits per heavy atom. The zero-order valence-corrected chi connectivity index (χ0v) is 14.4. The third-order valence-corrected chi connectivity index (χ3v) is 3.87. The van der Waals surface area contributed by atoms with Gasteiger partial charge in [-0.05, 0) is 38.1 Å². The smallest absolute Gasteiger partial charge is 0.265 e. The third-order valence-electron chi connectivity index (χ3n) is 3.87. The van der Waals surface area contributed by atoms with E-state index in [0.29, 0.717) is 11.5 Å². The number of ether oxygens (including phenoxy) is 3. The molecule has 7 heteroatoms. The van der Waals surface area contributed by atoms with Crippen molar-refractivity contribution in [1.29, 1.82) is 0 Å². The molecule has 0 aliphatic carbocycles. The minimum absolute atomic E-state index is 0.0207. The van der Waals surface area contributed by atoms with Crippen LogP contribution in [0.4, 0.5) is 8.78 Å². The minimum Gasteiger partial charge on any atom is -0.488 e.